The fraction of sp³-hybridized carbons (Fsp3) is 0.286. The number of benzene rings is 1. The highest BCUT2D eigenvalue weighted by Gasteiger charge is 2.10. The molecule has 1 aliphatic rings. The summed E-state index contributed by atoms with van der Waals surface area (Å²) >= 11 is 0. The average molecular weight is 256 g/mol. The summed E-state index contributed by atoms with van der Waals surface area (Å²) in [5.41, 5.74) is 2.03. The van der Waals surface area contributed by atoms with Gasteiger partial charge in [-0.05, 0) is 43.2 Å². The van der Waals surface area contributed by atoms with Crippen LogP contribution in [0, 0.1) is 0 Å². The summed E-state index contributed by atoms with van der Waals surface area (Å²) in [6.45, 7) is 0.823. The van der Waals surface area contributed by atoms with Crippen LogP contribution in [0.3, 0.4) is 0 Å². The van der Waals surface area contributed by atoms with E-state index in [9.17, 15) is 0 Å². The van der Waals surface area contributed by atoms with Gasteiger partial charge in [-0.15, -0.1) is 0 Å². The average Bonchev–Trinajstić information content (AvgIpc) is 3.01. The first-order valence-corrected chi connectivity index (χ1v) is 6.43. The molecule has 0 bridgehead atoms. The molecule has 0 saturated carbocycles. The van der Waals surface area contributed by atoms with Gasteiger partial charge in [0.1, 0.15) is 6.10 Å². The van der Waals surface area contributed by atoms with Crippen molar-refractivity contribution in [1.82, 2.24) is 15.0 Å². The molecule has 0 aliphatic carbocycles. The smallest absolute Gasteiger partial charge is 0.115 e. The fourth-order valence-electron chi connectivity index (χ4n) is 2.03. The Morgan fingerprint density at radius 1 is 1.21 bits per heavy atom. The van der Waals surface area contributed by atoms with E-state index in [-0.39, 0.29) is 6.10 Å². The Hall–Kier alpha value is -2.30. The quantitative estimate of drug-likeness (QED) is 0.912. The van der Waals surface area contributed by atoms with Crippen molar-refractivity contribution in [3.63, 3.8) is 0 Å². The molecular formula is C14H16N4O. The van der Waals surface area contributed by atoms with Gasteiger partial charge in [-0.2, -0.15) is 15.0 Å². The lowest BCUT2D eigenvalue weighted by atomic mass is 10.1. The van der Waals surface area contributed by atoms with Crippen molar-refractivity contribution < 1.29 is 4.74 Å². The number of allylic oxidation sites excluding steroid dienone is 1. The Balaban J connectivity index is 1.58. The Kier molecular flexibility index (Phi) is 3.45. The zero-order valence-corrected chi connectivity index (χ0v) is 10.6. The van der Waals surface area contributed by atoms with E-state index in [0.717, 1.165) is 30.8 Å². The Morgan fingerprint density at radius 3 is 2.68 bits per heavy atom. The van der Waals surface area contributed by atoms with Crippen LogP contribution in [-0.2, 0) is 4.74 Å². The molecule has 3 rings (SSSR count). The highest BCUT2D eigenvalue weighted by molar-refractivity contribution is 5.48. The summed E-state index contributed by atoms with van der Waals surface area (Å²) in [4.78, 5) is 1.60. The zero-order chi connectivity index (χ0) is 12.9. The van der Waals surface area contributed by atoms with E-state index in [1.807, 2.05) is 24.3 Å². The van der Waals surface area contributed by atoms with Crippen molar-refractivity contribution in [2.45, 2.75) is 18.9 Å². The molecule has 0 spiro atoms. The molecule has 0 radical (unpaired) electrons. The number of nitrogens with one attached hydrogen (secondary N) is 1. The number of hydrogen-bond acceptors (Lipinski definition) is 4. The largest absolute Gasteiger partial charge is 0.497 e. The van der Waals surface area contributed by atoms with Gasteiger partial charge in [-0.1, -0.05) is 0 Å². The van der Waals surface area contributed by atoms with Gasteiger partial charge < -0.3 is 10.1 Å². The van der Waals surface area contributed by atoms with Crippen LogP contribution in [0.25, 0.3) is 5.69 Å². The third kappa shape index (κ3) is 2.93. The number of rotatable bonds is 4. The maximum absolute atomic E-state index is 5.52. The number of anilines is 1. The van der Waals surface area contributed by atoms with Gasteiger partial charge in [0.15, 0.2) is 0 Å². The van der Waals surface area contributed by atoms with E-state index in [1.165, 1.54) is 0 Å². The van der Waals surface area contributed by atoms with Crippen molar-refractivity contribution in [3.8, 4) is 5.69 Å². The molecular weight excluding hydrogens is 240 g/mol. The lowest BCUT2D eigenvalue weighted by Crippen LogP contribution is -2.22. The summed E-state index contributed by atoms with van der Waals surface area (Å²) in [7, 11) is 0. The molecule has 1 atom stereocenters. The number of aromatic nitrogens is 3. The van der Waals surface area contributed by atoms with Crippen molar-refractivity contribution in [3.05, 3.63) is 49.0 Å². The van der Waals surface area contributed by atoms with E-state index in [0.29, 0.717) is 0 Å². The molecule has 1 aromatic heterocycles. The normalized spacial score (nSPS) is 18.0. The maximum atomic E-state index is 5.52. The van der Waals surface area contributed by atoms with Gasteiger partial charge >= 0.3 is 0 Å². The number of ether oxygens (including phenoxy) is 1. The molecule has 1 aliphatic heterocycles. The first-order valence-electron chi connectivity index (χ1n) is 6.43. The first-order chi connectivity index (χ1) is 9.42. The van der Waals surface area contributed by atoms with Crippen LogP contribution in [0.1, 0.15) is 12.8 Å². The van der Waals surface area contributed by atoms with Crippen molar-refractivity contribution >= 4 is 5.69 Å². The van der Waals surface area contributed by atoms with Crippen LogP contribution in [0.4, 0.5) is 5.69 Å². The predicted molar refractivity (Wildman–Crippen MR) is 73.1 cm³/mol. The highest BCUT2D eigenvalue weighted by atomic mass is 16.5. The standard InChI is InChI=1S/C14H16N4O/c1-2-10-19-14(3-1)11-15-12-4-6-13(7-5-12)18-16-8-9-17-18/h2,4-10,14-15H,1,3,11H2. The van der Waals surface area contributed by atoms with Gasteiger partial charge in [0.05, 0.1) is 30.9 Å². The molecule has 0 saturated heterocycles. The Morgan fingerprint density at radius 2 is 2.00 bits per heavy atom. The molecule has 1 N–H and O–H groups in total. The predicted octanol–water partition coefficient (Wildman–Crippen LogP) is 2.37. The maximum Gasteiger partial charge on any atom is 0.115 e. The fourth-order valence-corrected chi connectivity index (χ4v) is 2.03. The van der Waals surface area contributed by atoms with E-state index < -0.39 is 0 Å². The van der Waals surface area contributed by atoms with E-state index in [4.69, 9.17) is 4.74 Å². The van der Waals surface area contributed by atoms with Gasteiger partial charge in [-0.3, -0.25) is 0 Å². The molecule has 1 unspecified atom stereocenters. The minimum absolute atomic E-state index is 0.262. The minimum Gasteiger partial charge on any atom is -0.497 e. The van der Waals surface area contributed by atoms with Crippen LogP contribution >= 0.6 is 0 Å². The molecule has 1 aromatic carbocycles. The highest BCUT2D eigenvalue weighted by Crippen LogP contribution is 2.14. The summed E-state index contributed by atoms with van der Waals surface area (Å²) < 4.78 is 5.52. The zero-order valence-electron chi connectivity index (χ0n) is 10.6. The molecule has 98 valence electrons. The van der Waals surface area contributed by atoms with Crippen LogP contribution in [0.2, 0.25) is 0 Å². The van der Waals surface area contributed by atoms with Gasteiger partial charge in [-0.25, -0.2) is 0 Å². The number of hydrogen-bond donors (Lipinski definition) is 1. The molecule has 2 aromatic rings. The van der Waals surface area contributed by atoms with Crippen LogP contribution in [0.5, 0.6) is 0 Å². The molecule has 5 nitrogen and oxygen atoms in total. The molecule has 0 fully saturated rings. The van der Waals surface area contributed by atoms with Crippen LogP contribution in [0.15, 0.2) is 49.0 Å². The summed E-state index contributed by atoms with van der Waals surface area (Å²) in [6.07, 6.45) is 9.61. The minimum atomic E-state index is 0.262. The van der Waals surface area contributed by atoms with Gasteiger partial charge in [0.2, 0.25) is 0 Å². The lowest BCUT2D eigenvalue weighted by Gasteiger charge is -2.20. The second-order valence-corrected chi connectivity index (χ2v) is 4.45. The Bertz CT molecular complexity index is 533. The summed E-state index contributed by atoms with van der Waals surface area (Å²) in [6, 6.07) is 8.03. The second kappa shape index (κ2) is 5.56. The van der Waals surface area contributed by atoms with Crippen molar-refractivity contribution in [2.75, 3.05) is 11.9 Å². The van der Waals surface area contributed by atoms with Gasteiger partial charge in [0, 0.05) is 5.69 Å². The lowest BCUT2D eigenvalue weighted by molar-refractivity contribution is 0.135. The third-order valence-electron chi connectivity index (χ3n) is 3.07. The Labute approximate surface area is 111 Å². The first kappa shape index (κ1) is 11.8. The topological polar surface area (TPSA) is 52.0 Å². The van der Waals surface area contributed by atoms with Crippen LogP contribution < -0.4 is 5.32 Å². The summed E-state index contributed by atoms with van der Waals surface area (Å²) in [5.74, 6) is 0. The third-order valence-corrected chi connectivity index (χ3v) is 3.07. The van der Waals surface area contributed by atoms with Crippen LogP contribution in [-0.4, -0.2) is 27.6 Å². The monoisotopic (exact) mass is 256 g/mol. The van der Waals surface area contributed by atoms with Crippen molar-refractivity contribution in [1.29, 1.82) is 0 Å². The van der Waals surface area contributed by atoms with E-state index in [1.54, 1.807) is 23.5 Å². The van der Waals surface area contributed by atoms with Gasteiger partial charge in [0.25, 0.3) is 0 Å². The molecule has 0 amide bonds. The molecule has 5 heteroatoms. The molecule has 2 heterocycles. The molecule has 19 heavy (non-hydrogen) atoms. The van der Waals surface area contributed by atoms with Crippen molar-refractivity contribution in [2.24, 2.45) is 0 Å². The van der Waals surface area contributed by atoms with E-state index >= 15 is 0 Å². The summed E-state index contributed by atoms with van der Waals surface area (Å²) in [5, 5.41) is 11.6. The van der Waals surface area contributed by atoms with E-state index in [2.05, 4.69) is 21.6 Å². The number of nitrogens with zero attached hydrogens (tertiary/aromatic N) is 3. The second-order valence-electron chi connectivity index (χ2n) is 4.45. The SMILES string of the molecule is C1=COC(CNc2ccc(-n3nccn3)cc2)CC1.